The molecule has 0 radical (unpaired) electrons. The summed E-state index contributed by atoms with van der Waals surface area (Å²) in [4.78, 5) is 19.1. The molecule has 2 aliphatic heterocycles. The Bertz CT molecular complexity index is 371. The van der Waals surface area contributed by atoms with Crippen molar-refractivity contribution in [2.75, 3.05) is 13.1 Å². The number of ether oxygens (including phenoxy) is 1. The van der Waals surface area contributed by atoms with E-state index in [1.807, 2.05) is 20.8 Å². The molecule has 0 spiro atoms. The van der Waals surface area contributed by atoms with Gasteiger partial charge in [-0.15, -0.1) is 0 Å². The summed E-state index contributed by atoms with van der Waals surface area (Å²) in [6.07, 6.45) is 2.68. The predicted molar refractivity (Wildman–Crippen MR) is 76.4 cm³/mol. The second-order valence-corrected chi connectivity index (χ2v) is 7.04. The number of carbonyl (C=O) groups is 1. The number of likely N-dealkylation sites (tertiary alicyclic amines) is 1. The lowest BCUT2D eigenvalue weighted by Crippen LogP contribution is -2.43. The lowest BCUT2D eigenvalue weighted by atomic mass is 9.90. The maximum Gasteiger partial charge on any atom is 0.410 e. The van der Waals surface area contributed by atoms with Gasteiger partial charge in [0.25, 0.3) is 0 Å². The molecular weight excluding hydrogens is 312 g/mol. The van der Waals surface area contributed by atoms with Crippen LogP contribution < -0.4 is 0 Å². The fraction of sp³-hybridized carbons (Fsp3) is 0.846. The molecule has 1 saturated heterocycles. The average molecular weight is 333 g/mol. The second-order valence-electron chi connectivity index (χ2n) is 6.12. The number of piperidine rings is 1. The van der Waals surface area contributed by atoms with Crippen LogP contribution in [0.2, 0.25) is 0 Å². The van der Waals surface area contributed by atoms with Crippen molar-refractivity contribution in [3.05, 3.63) is 0 Å². The Labute approximate surface area is 122 Å². The van der Waals surface area contributed by atoms with Crippen LogP contribution in [0.4, 0.5) is 4.79 Å². The van der Waals surface area contributed by atoms with Crippen LogP contribution in [0.1, 0.15) is 40.0 Å². The molecule has 0 unspecified atom stereocenters. The molecule has 2 heterocycles. The van der Waals surface area contributed by atoms with Crippen molar-refractivity contribution in [1.82, 2.24) is 4.90 Å². The van der Waals surface area contributed by atoms with E-state index in [0.717, 1.165) is 37.0 Å². The highest BCUT2D eigenvalue weighted by Gasteiger charge is 2.34. The van der Waals surface area contributed by atoms with Crippen LogP contribution in [0.15, 0.2) is 5.16 Å². The van der Waals surface area contributed by atoms with E-state index in [1.165, 1.54) is 0 Å². The molecule has 6 heteroatoms. The third-order valence-corrected chi connectivity index (χ3v) is 3.84. The Kier molecular flexibility index (Phi) is 4.38. The first-order valence-corrected chi connectivity index (χ1v) is 7.50. The molecule has 1 amide bonds. The predicted octanol–water partition coefficient (Wildman–Crippen LogP) is 3.13. The zero-order valence-corrected chi connectivity index (χ0v) is 13.3. The van der Waals surface area contributed by atoms with Gasteiger partial charge in [-0.3, -0.25) is 0 Å². The van der Waals surface area contributed by atoms with Gasteiger partial charge in [0.05, 0.1) is 0 Å². The van der Waals surface area contributed by atoms with Crippen molar-refractivity contribution in [2.24, 2.45) is 11.1 Å². The normalized spacial score (nSPS) is 24.9. The molecule has 0 bridgehead atoms. The van der Waals surface area contributed by atoms with E-state index in [0.29, 0.717) is 5.92 Å². The van der Waals surface area contributed by atoms with E-state index >= 15 is 0 Å². The summed E-state index contributed by atoms with van der Waals surface area (Å²) in [5.74, 6) is 0.470. The van der Waals surface area contributed by atoms with E-state index in [4.69, 9.17) is 9.57 Å². The van der Waals surface area contributed by atoms with Crippen LogP contribution in [0.5, 0.6) is 0 Å². The quantitative estimate of drug-likeness (QED) is 0.741. The van der Waals surface area contributed by atoms with Crippen LogP contribution in [-0.4, -0.2) is 40.4 Å². The minimum absolute atomic E-state index is 0.162. The fourth-order valence-corrected chi connectivity index (χ4v) is 2.80. The summed E-state index contributed by atoms with van der Waals surface area (Å²) in [6.45, 7) is 7.13. The molecule has 0 N–H and O–H groups in total. The van der Waals surface area contributed by atoms with Crippen molar-refractivity contribution >= 4 is 26.6 Å². The molecule has 2 aliphatic rings. The first-order chi connectivity index (χ1) is 8.85. The molecule has 5 nitrogen and oxygen atoms in total. The Hall–Kier alpha value is -0.780. The number of hydrogen-bond donors (Lipinski definition) is 0. The average Bonchev–Trinajstić information content (AvgIpc) is 2.74. The van der Waals surface area contributed by atoms with Gasteiger partial charge in [-0.25, -0.2) is 4.79 Å². The number of nitrogens with zero attached hydrogens (tertiary/aromatic N) is 2. The highest BCUT2D eigenvalue weighted by atomic mass is 79.9. The Morgan fingerprint density at radius 2 is 2.05 bits per heavy atom. The van der Waals surface area contributed by atoms with Crippen LogP contribution in [0.3, 0.4) is 0 Å². The number of halogens is 1. The summed E-state index contributed by atoms with van der Waals surface area (Å²) < 4.78 is 6.26. The van der Waals surface area contributed by atoms with Gasteiger partial charge in [0.1, 0.15) is 16.3 Å². The van der Waals surface area contributed by atoms with E-state index in [9.17, 15) is 4.79 Å². The molecule has 0 aromatic rings. The van der Waals surface area contributed by atoms with Crippen LogP contribution in [0.25, 0.3) is 0 Å². The molecular formula is C13H21BrN2O3. The van der Waals surface area contributed by atoms with E-state index in [2.05, 4.69) is 21.1 Å². The minimum atomic E-state index is -0.429. The van der Waals surface area contributed by atoms with E-state index < -0.39 is 5.60 Å². The van der Waals surface area contributed by atoms with Crippen molar-refractivity contribution in [3.8, 4) is 0 Å². The molecule has 19 heavy (non-hydrogen) atoms. The summed E-state index contributed by atoms with van der Waals surface area (Å²) in [7, 11) is 0. The van der Waals surface area contributed by atoms with Crippen molar-refractivity contribution in [1.29, 1.82) is 0 Å². The summed E-state index contributed by atoms with van der Waals surface area (Å²) in [5.41, 5.74) is -0.429. The van der Waals surface area contributed by atoms with Gasteiger partial charge in [0, 0.05) is 25.4 Å². The van der Waals surface area contributed by atoms with Gasteiger partial charge in [0.15, 0.2) is 0 Å². The fourth-order valence-electron chi connectivity index (χ4n) is 2.40. The van der Waals surface area contributed by atoms with Crippen LogP contribution in [-0.2, 0) is 9.57 Å². The van der Waals surface area contributed by atoms with E-state index in [1.54, 1.807) is 4.90 Å². The maximum absolute atomic E-state index is 11.9. The minimum Gasteiger partial charge on any atom is -0.444 e. The maximum atomic E-state index is 11.9. The summed E-state index contributed by atoms with van der Waals surface area (Å²) in [6, 6.07) is 0. The van der Waals surface area contributed by atoms with Gasteiger partial charge in [-0.1, -0.05) is 5.16 Å². The number of oxime groups is 1. The third kappa shape index (κ3) is 4.09. The number of carbonyl (C=O) groups excluding carboxylic acids is 1. The molecule has 0 saturated carbocycles. The lowest BCUT2D eigenvalue weighted by molar-refractivity contribution is -0.00456. The van der Waals surface area contributed by atoms with Crippen LogP contribution in [0, 0.1) is 5.92 Å². The highest BCUT2D eigenvalue weighted by Crippen LogP contribution is 2.29. The molecule has 1 atom stereocenters. The van der Waals surface area contributed by atoms with Gasteiger partial charge < -0.3 is 14.5 Å². The van der Waals surface area contributed by atoms with Crippen LogP contribution >= 0.6 is 15.9 Å². The SMILES string of the molecule is CC(C)(C)OC(=O)N1CCC([C@H]2CC(Br)=NO2)CC1. The Balaban J connectivity index is 1.78. The molecule has 0 aromatic carbocycles. The highest BCUT2D eigenvalue weighted by molar-refractivity contribution is 9.18. The number of hydrogen-bond acceptors (Lipinski definition) is 4. The monoisotopic (exact) mass is 332 g/mol. The Morgan fingerprint density at radius 1 is 1.42 bits per heavy atom. The van der Waals surface area contributed by atoms with Crippen molar-refractivity contribution in [2.45, 2.75) is 51.7 Å². The first kappa shape index (κ1) is 14.6. The molecule has 108 valence electrons. The van der Waals surface area contributed by atoms with Gasteiger partial charge in [-0.05, 0) is 49.5 Å². The van der Waals surface area contributed by atoms with Gasteiger partial charge >= 0.3 is 6.09 Å². The van der Waals surface area contributed by atoms with Crippen molar-refractivity contribution < 1.29 is 14.4 Å². The number of rotatable bonds is 1. The molecule has 0 aliphatic carbocycles. The van der Waals surface area contributed by atoms with Gasteiger partial charge in [-0.2, -0.15) is 0 Å². The standard InChI is InChI=1S/C13H21BrN2O3/c1-13(2,3)18-12(17)16-6-4-9(5-7-16)10-8-11(14)15-19-10/h9-10H,4-8H2,1-3H3/t10-/m1/s1. The molecule has 0 aromatic heterocycles. The summed E-state index contributed by atoms with van der Waals surface area (Å²) in [5, 5.41) is 3.92. The topological polar surface area (TPSA) is 51.1 Å². The second kappa shape index (κ2) is 5.69. The molecule has 1 fully saturated rings. The van der Waals surface area contributed by atoms with E-state index in [-0.39, 0.29) is 12.2 Å². The summed E-state index contributed by atoms with van der Waals surface area (Å²) >= 11 is 3.35. The third-order valence-electron chi connectivity index (χ3n) is 3.37. The van der Waals surface area contributed by atoms with Crippen molar-refractivity contribution in [3.63, 3.8) is 0 Å². The zero-order chi connectivity index (χ0) is 14.0. The largest absolute Gasteiger partial charge is 0.444 e. The van der Waals surface area contributed by atoms with Gasteiger partial charge in [0.2, 0.25) is 0 Å². The number of amides is 1. The molecule has 2 rings (SSSR count). The smallest absolute Gasteiger partial charge is 0.410 e. The lowest BCUT2D eigenvalue weighted by Gasteiger charge is -2.34. The zero-order valence-electron chi connectivity index (χ0n) is 11.7. The Morgan fingerprint density at radius 3 is 2.53 bits per heavy atom. The first-order valence-electron chi connectivity index (χ1n) is 6.71.